The third-order valence-corrected chi connectivity index (χ3v) is 4.46. The van der Waals surface area contributed by atoms with E-state index in [4.69, 9.17) is 0 Å². The number of nitrogens with zero attached hydrogens (tertiary/aromatic N) is 1. The maximum Gasteiger partial charge on any atom is 0.0333 e. The van der Waals surface area contributed by atoms with Gasteiger partial charge in [-0.15, -0.1) is 11.3 Å². The Labute approximate surface area is 91.9 Å². The van der Waals surface area contributed by atoms with E-state index in [1.54, 1.807) is 0 Å². The summed E-state index contributed by atoms with van der Waals surface area (Å²) in [7, 11) is 0. The zero-order chi connectivity index (χ0) is 9.42. The molecule has 1 nitrogen and oxygen atoms in total. The Morgan fingerprint density at radius 3 is 2.69 bits per heavy atom. The molecule has 1 saturated heterocycles. The number of rotatable bonds is 2. The second kappa shape index (κ2) is 3.71. The van der Waals surface area contributed by atoms with E-state index in [1.165, 1.54) is 15.8 Å². The van der Waals surface area contributed by atoms with Gasteiger partial charge < -0.3 is 0 Å². The van der Waals surface area contributed by atoms with Crippen molar-refractivity contribution in [1.29, 1.82) is 0 Å². The fourth-order valence-electron chi connectivity index (χ4n) is 1.99. The Bertz CT molecular complexity index is 289. The highest BCUT2D eigenvalue weighted by atomic mass is 79.9. The zero-order valence-corrected chi connectivity index (χ0v) is 10.4. The Balaban J connectivity index is 1.98. The molecule has 0 aliphatic carbocycles. The molecule has 0 aromatic carbocycles. The van der Waals surface area contributed by atoms with E-state index in [9.17, 15) is 0 Å². The van der Waals surface area contributed by atoms with Crippen molar-refractivity contribution in [3.8, 4) is 0 Å². The molecular formula is C10H14BrNS. The third-order valence-electron chi connectivity index (χ3n) is 2.77. The Hall–Kier alpha value is 0.140. The number of likely N-dealkylation sites (tertiary alicyclic amines) is 1. The summed E-state index contributed by atoms with van der Waals surface area (Å²) in [5.74, 6) is 0. The first-order valence-corrected chi connectivity index (χ1v) is 6.32. The quantitative estimate of drug-likeness (QED) is 0.786. The zero-order valence-electron chi connectivity index (χ0n) is 7.96. The summed E-state index contributed by atoms with van der Waals surface area (Å²) >= 11 is 5.33. The van der Waals surface area contributed by atoms with Crippen molar-refractivity contribution >= 4 is 27.3 Å². The summed E-state index contributed by atoms with van der Waals surface area (Å²) in [6.45, 7) is 5.74. The van der Waals surface area contributed by atoms with Crippen LogP contribution in [0.2, 0.25) is 0 Å². The van der Waals surface area contributed by atoms with E-state index in [-0.39, 0.29) is 0 Å². The van der Waals surface area contributed by atoms with E-state index in [0.29, 0.717) is 0 Å². The minimum absolute atomic E-state index is 0.774. The molecule has 1 aliphatic heterocycles. The second-order valence-electron chi connectivity index (χ2n) is 3.84. The number of hydrogen-bond acceptors (Lipinski definition) is 2. The molecule has 13 heavy (non-hydrogen) atoms. The van der Waals surface area contributed by atoms with Gasteiger partial charge in [-0.3, -0.25) is 4.90 Å². The van der Waals surface area contributed by atoms with E-state index in [0.717, 1.165) is 18.6 Å². The van der Waals surface area contributed by atoms with E-state index in [1.807, 2.05) is 11.3 Å². The van der Waals surface area contributed by atoms with Crippen LogP contribution in [0.4, 0.5) is 0 Å². The van der Waals surface area contributed by atoms with Gasteiger partial charge >= 0.3 is 0 Å². The van der Waals surface area contributed by atoms with Crippen LogP contribution in [0.1, 0.15) is 25.1 Å². The van der Waals surface area contributed by atoms with Gasteiger partial charge in [0.05, 0.1) is 0 Å². The van der Waals surface area contributed by atoms with Crippen LogP contribution in [0.5, 0.6) is 0 Å². The van der Waals surface area contributed by atoms with Crippen LogP contribution in [0.25, 0.3) is 0 Å². The minimum Gasteiger partial charge on any atom is -0.293 e. The van der Waals surface area contributed by atoms with Crippen molar-refractivity contribution in [3.05, 3.63) is 20.8 Å². The first-order chi connectivity index (χ1) is 6.16. The Morgan fingerprint density at radius 2 is 2.23 bits per heavy atom. The predicted octanol–water partition coefficient (Wildman–Crippen LogP) is 3.49. The van der Waals surface area contributed by atoms with Gasteiger partial charge in [-0.2, -0.15) is 0 Å². The standard InChI is InChI=1S/C10H14BrNS/c1-7-3-8(2)12(7)5-10-4-9(11)6-13-10/h4,6-8H,3,5H2,1-2H3. The molecule has 0 N–H and O–H groups in total. The SMILES string of the molecule is CC1CC(C)N1Cc1cc(Br)cs1. The molecule has 1 aromatic heterocycles. The molecule has 0 radical (unpaired) electrons. The van der Waals surface area contributed by atoms with Crippen LogP contribution in [0.15, 0.2) is 15.9 Å². The molecule has 0 saturated carbocycles. The van der Waals surface area contributed by atoms with Gasteiger partial charge in [-0.1, -0.05) is 0 Å². The summed E-state index contributed by atoms with van der Waals surface area (Å²) in [6.07, 6.45) is 1.35. The summed E-state index contributed by atoms with van der Waals surface area (Å²) < 4.78 is 1.22. The average molecular weight is 260 g/mol. The maximum atomic E-state index is 3.48. The lowest BCUT2D eigenvalue weighted by Gasteiger charge is -2.45. The van der Waals surface area contributed by atoms with Crippen molar-refractivity contribution in [1.82, 2.24) is 4.90 Å². The van der Waals surface area contributed by atoms with Crippen LogP contribution in [-0.4, -0.2) is 17.0 Å². The number of hydrogen-bond donors (Lipinski definition) is 0. The summed E-state index contributed by atoms with van der Waals surface area (Å²) in [5.41, 5.74) is 0. The lowest BCUT2D eigenvalue weighted by atomic mass is 9.96. The van der Waals surface area contributed by atoms with Crippen molar-refractivity contribution in [2.24, 2.45) is 0 Å². The van der Waals surface area contributed by atoms with E-state index >= 15 is 0 Å². The molecule has 2 unspecified atom stereocenters. The van der Waals surface area contributed by atoms with Gasteiger partial charge in [0, 0.05) is 33.4 Å². The van der Waals surface area contributed by atoms with Crippen LogP contribution >= 0.6 is 27.3 Å². The van der Waals surface area contributed by atoms with Gasteiger partial charge in [0.15, 0.2) is 0 Å². The number of halogens is 1. The topological polar surface area (TPSA) is 3.24 Å². The summed E-state index contributed by atoms with van der Waals surface area (Å²) in [6, 6.07) is 3.77. The number of thiophene rings is 1. The van der Waals surface area contributed by atoms with Gasteiger partial charge in [0.25, 0.3) is 0 Å². The largest absolute Gasteiger partial charge is 0.293 e. The lowest BCUT2D eigenvalue weighted by Crippen LogP contribution is -2.51. The first kappa shape index (κ1) is 9.69. The lowest BCUT2D eigenvalue weighted by molar-refractivity contribution is 0.0306. The van der Waals surface area contributed by atoms with Gasteiger partial charge in [-0.25, -0.2) is 0 Å². The molecule has 0 spiro atoms. The molecule has 0 bridgehead atoms. The third kappa shape index (κ3) is 1.97. The first-order valence-electron chi connectivity index (χ1n) is 4.65. The Morgan fingerprint density at radius 1 is 1.54 bits per heavy atom. The molecule has 1 fully saturated rings. The van der Waals surface area contributed by atoms with Gasteiger partial charge in [0.1, 0.15) is 0 Å². The molecule has 1 aromatic rings. The highest BCUT2D eigenvalue weighted by Gasteiger charge is 2.31. The smallest absolute Gasteiger partial charge is 0.0333 e. The fraction of sp³-hybridized carbons (Fsp3) is 0.600. The molecule has 72 valence electrons. The van der Waals surface area contributed by atoms with E-state index < -0.39 is 0 Å². The van der Waals surface area contributed by atoms with Crippen molar-refractivity contribution in [2.45, 2.75) is 38.9 Å². The highest BCUT2D eigenvalue weighted by molar-refractivity contribution is 9.10. The molecule has 3 heteroatoms. The van der Waals surface area contributed by atoms with Crippen LogP contribution in [0.3, 0.4) is 0 Å². The molecule has 1 aliphatic rings. The van der Waals surface area contributed by atoms with Gasteiger partial charge in [-0.05, 0) is 42.3 Å². The maximum absolute atomic E-state index is 3.48. The van der Waals surface area contributed by atoms with Crippen LogP contribution in [-0.2, 0) is 6.54 Å². The molecule has 2 rings (SSSR count). The summed E-state index contributed by atoms with van der Waals surface area (Å²) in [4.78, 5) is 4.02. The monoisotopic (exact) mass is 259 g/mol. The normalized spacial score (nSPS) is 28.8. The van der Waals surface area contributed by atoms with E-state index in [2.05, 4.69) is 46.1 Å². The van der Waals surface area contributed by atoms with Crippen LogP contribution in [0, 0.1) is 0 Å². The van der Waals surface area contributed by atoms with Gasteiger partial charge in [0.2, 0.25) is 0 Å². The second-order valence-corrected chi connectivity index (χ2v) is 5.75. The fourth-order valence-corrected chi connectivity index (χ4v) is 3.45. The highest BCUT2D eigenvalue weighted by Crippen LogP contribution is 2.29. The predicted molar refractivity (Wildman–Crippen MR) is 61.1 cm³/mol. The molecule has 2 atom stereocenters. The van der Waals surface area contributed by atoms with Crippen LogP contribution < -0.4 is 0 Å². The van der Waals surface area contributed by atoms with Crippen molar-refractivity contribution in [3.63, 3.8) is 0 Å². The minimum atomic E-state index is 0.774. The molecule has 0 amide bonds. The average Bonchev–Trinajstić information content (AvgIpc) is 2.48. The van der Waals surface area contributed by atoms with Crippen molar-refractivity contribution < 1.29 is 0 Å². The van der Waals surface area contributed by atoms with Crippen molar-refractivity contribution in [2.75, 3.05) is 0 Å². The molecule has 2 heterocycles. The molecular weight excluding hydrogens is 246 g/mol. The Kier molecular flexibility index (Phi) is 2.77. The summed E-state index contributed by atoms with van der Waals surface area (Å²) in [5, 5.41) is 2.16.